The van der Waals surface area contributed by atoms with Gasteiger partial charge in [0.15, 0.2) is 0 Å². The van der Waals surface area contributed by atoms with Crippen LogP contribution in [0.4, 0.5) is 0 Å². The molecule has 0 aromatic heterocycles. The quantitative estimate of drug-likeness (QED) is 0.0788. The Hall–Kier alpha value is -4.12. The van der Waals surface area contributed by atoms with Gasteiger partial charge in [0.1, 0.15) is 18.1 Å². The molecular weight excluding hydrogens is 795 g/mol. The fourth-order valence-electron chi connectivity index (χ4n) is 8.48. The Morgan fingerprint density at radius 3 is 2.05 bits per heavy atom. The molecule has 16 heteroatoms. The van der Waals surface area contributed by atoms with E-state index in [4.69, 9.17) is 19.9 Å². The van der Waals surface area contributed by atoms with Crippen LogP contribution >= 0.6 is 0 Å². The van der Waals surface area contributed by atoms with Crippen molar-refractivity contribution in [3.8, 4) is 0 Å². The van der Waals surface area contributed by atoms with Crippen molar-refractivity contribution >= 4 is 35.5 Å². The summed E-state index contributed by atoms with van der Waals surface area (Å²) < 4.78 is 17.1. The van der Waals surface area contributed by atoms with Gasteiger partial charge in [-0.25, -0.2) is 0 Å². The topological polar surface area (TPSA) is 202 Å². The minimum atomic E-state index is -0.911. The normalized spacial score (nSPS) is 18.5. The zero-order chi connectivity index (χ0) is 46.8. The first-order valence-electron chi connectivity index (χ1n) is 22.3. The number of hydrogen-bond acceptors (Lipinski definition) is 11. The standard InChI is InChI=1S/C46H79N7O9/c1-14-30(6)40(52(11)45(58)38(28(2)3)50-44(57)39(29(4)5)51(9)10)36(60-12)27-37(54)53-24-18-22-35(53)41(61-13)31(7)42(55)49-34(26-33-20-16-15-17-21-33)43(56)48-23-19-25-62-46(59)32(8)47/h15-17,20-21,28-32,34-36,38-41H,14,18-19,22-27,47H2,1-13H3,(H,48,56)(H,49,55)(H,50,57)/t30-,31+,32-,34-,35-,36+,38-,39-,40-,41?/m0/s1. The molecule has 1 fully saturated rings. The van der Waals surface area contributed by atoms with Gasteiger partial charge in [0.25, 0.3) is 0 Å². The number of likely N-dealkylation sites (tertiary alicyclic amines) is 1. The predicted molar refractivity (Wildman–Crippen MR) is 240 cm³/mol. The van der Waals surface area contributed by atoms with Crippen molar-refractivity contribution in [2.45, 2.75) is 142 Å². The molecule has 0 radical (unpaired) electrons. The molecule has 2 rings (SSSR count). The molecule has 0 spiro atoms. The summed E-state index contributed by atoms with van der Waals surface area (Å²) in [6, 6.07) is 5.57. The van der Waals surface area contributed by atoms with Gasteiger partial charge in [-0.1, -0.05) is 85.2 Å². The number of hydrogen-bond donors (Lipinski definition) is 4. The lowest BCUT2D eigenvalue weighted by Crippen LogP contribution is -2.59. The monoisotopic (exact) mass is 874 g/mol. The summed E-state index contributed by atoms with van der Waals surface area (Å²) in [5.74, 6) is -2.95. The molecule has 16 nitrogen and oxygen atoms in total. The summed E-state index contributed by atoms with van der Waals surface area (Å²) in [5.41, 5.74) is 6.40. The number of likely N-dealkylation sites (N-methyl/N-ethyl adjacent to an activating group) is 2. The Morgan fingerprint density at radius 1 is 0.871 bits per heavy atom. The molecule has 0 aliphatic carbocycles. The van der Waals surface area contributed by atoms with Gasteiger partial charge in [-0.3, -0.25) is 33.7 Å². The minimum absolute atomic E-state index is 0.0187. The molecule has 5 N–H and O–H groups in total. The molecule has 1 unspecified atom stereocenters. The second-order valence-electron chi connectivity index (χ2n) is 17.8. The molecule has 10 atom stereocenters. The molecule has 1 heterocycles. The zero-order valence-electron chi connectivity index (χ0n) is 39.8. The average Bonchev–Trinajstić information content (AvgIpc) is 3.71. The number of amides is 5. The summed E-state index contributed by atoms with van der Waals surface area (Å²) in [4.78, 5) is 86.6. The fraction of sp³-hybridized carbons (Fsp3) is 0.739. The minimum Gasteiger partial charge on any atom is -0.464 e. The Balaban J connectivity index is 2.27. The van der Waals surface area contributed by atoms with E-state index in [0.717, 1.165) is 5.56 Å². The number of nitrogens with one attached hydrogen (secondary N) is 3. The van der Waals surface area contributed by atoms with Crippen LogP contribution in [0.25, 0.3) is 0 Å². The summed E-state index contributed by atoms with van der Waals surface area (Å²) in [5, 5.41) is 8.82. The van der Waals surface area contributed by atoms with Crippen molar-refractivity contribution in [2.24, 2.45) is 29.4 Å². The molecule has 1 aliphatic rings. The molecule has 1 saturated heterocycles. The molecule has 1 aromatic carbocycles. The van der Waals surface area contributed by atoms with Crippen molar-refractivity contribution < 1.29 is 43.0 Å². The number of carbonyl (C=O) groups is 6. The van der Waals surface area contributed by atoms with E-state index in [2.05, 4.69) is 16.0 Å². The molecule has 1 aliphatic heterocycles. The third-order valence-electron chi connectivity index (χ3n) is 12.1. The van der Waals surface area contributed by atoms with Crippen molar-refractivity contribution in [3.63, 3.8) is 0 Å². The molecule has 0 bridgehead atoms. The lowest BCUT2D eigenvalue weighted by atomic mass is 9.89. The van der Waals surface area contributed by atoms with E-state index in [1.165, 1.54) is 14.0 Å². The maximum Gasteiger partial charge on any atom is 0.322 e. The summed E-state index contributed by atoms with van der Waals surface area (Å²) in [7, 11) is 8.47. The molecule has 0 saturated carbocycles. The number of methoxy groups -OCH3 is 2. The van der Waals surface area contributed by atoms with Gasteiger partial charge in [-0.2, -0.15) is 0 Å². The highest BCUT2D eigenvalue weighted by molar-refractivity contribution is 5.91. The lowest BCUT2D eigenvalue weighted by Gasteiger charge is -2.41. The van der Waals surface area contributed by atoms with Crippen molar-refractivity contribution in [2.75, 3.05) is 55.1 Å². The van der Waals surface area contributed by atoms with E-state index in [9.17, 15) is 28.8 Å². The highest BCUT2D eigenvalue weighted by Gasteiger charge is 2.43. The Kier molecular flexibility index (Phi) is 23.1. The van der Waals surface area contributed by atoms with Crippen LogP contribution in [0.15, 0.2) is 30.3 Å². The van der Waals surface area contributed by atoms with Crippen LogP contribution in [0.1, 0.15) is 93.1 Å². The van der Waals surface area contributed by atoms with Crippen LogP contribution in [0.3, 0.4) is 0 Å². The third-order valence-corrected chi connectivity index (χ3v) is 12.1. The molecule has 5 amide bonds. The van der Waals surface area contributed by atoms with Crippen LogP contribution in [-0.4, -0.2) is 154 Å². The highest BCUT2D eigenvalue weighted by Crippen LogP contribution is 2.30. The van der Waals surface area contributed by atoms with Gasteiger partial charge >= 0.3 is 5.97 Å². The lowest BCUT2D eigenvalue weighted by molar-refractivity contribution is -0.148. The second kappa shape index (κ2) is 26.5. The second-order valence-corrected chi connectivity index (χ2v) is 17.8. The fourth-order valence-corrected chi connectivity index (χ4v) is 8.48. The van der Waals surface area contributed by atoms with Gasteiger partial charge in [-0.15, -0.1) is 0 Å². The molecular formula is C46H79N7O9. The number of rotatable bonds is 26. The number of esters is 1. The molecule has 62 heavy (non-hydrogen) atoms. The third kappa shape index (κ3) is 15.6. The molecule has 352 valence electrons. The van der Waals surface area contributed by atoms with Crippen molar-refractivity contribution in [1.82, 2.24) is 30.7 Å². The number of ether oxygens (including phenoxy) is 3. The van der Waals surface area contributed by atoms with Gasteiger partial charge < -0.3 is 45.7 Å². The van der Waals surface area contributed by atoms with Crippen molar-refractivity contribution in [1.29, 1.82) is 0 Å². The Morgan fingerprint density at radius 2 is 1.52 bits per heavy atom. The zero-order valence-corrected chi connectivity index (χ0v) is 39.8. The largest absolute Gasteiger partial charge is 0.464 e. The SMILES string of the molecule is CC[C@H](C)[C@@H]([C@@H](CC(=O)N1CCC[C@H]1C(OC)[C@@H](C)C(=O)N[C@@H](Cc1ccccc1)C(=O)NCCCOC(=O)[C@H](C)N)OC)N(C)C(=O)[C@@H](NC(=O)[C@H](C(C)C)N(C)C)C(C)C. The van der Waals surface area contributed by atoms with Crippen LogP contribution in [-0.2, 0) is 49.4 Å². The van der Waals surface area contributed by atoms with E-state index in [0.29, 0.717) is 32.2 Å². The Bertz CT molecular complexity index is 1570. The van der Waals surface area contributed by atoms with Gasteiger partial charge in [-0.05, 0) is 63.6 Å². The van der Waals surface area contributed by atoms with Crippen LogP contribution in [0.2, 0.25) is 0 Å². The summed E-state index contributed by atoms with van der Waals surface area (Å²) in [6.45, 7) is 15.8. The maximum atomic E-state index is 14.4. The van der Waals surface area contributed by atoms with Crippen LogP contribution in [0.5, 0.6) is 0 Å². The average molecular weight is 874 g/mol. The summed E-state index contributed by atoms with van der Waals surface area (Å²) in [6.07, 6.45) is 1.24. The van der Waals surface area contributed by atoms with E-state index in [1.807, 2.05) is 90.9 Å². The van der Waals surface area contributed by atoms with E-state index < -0.39 is 66.3 Å². The van der Waals surface area contributed by atoms with Crippen molar-refractivity contribution in [3.05, 3.63) is 35.9 Å². The highest BCUT2D eigenvalue weighted by atomic mass is 16.5. The first-order chi connectivity index (χ1) is 29.2. The van der Waals surface area contributed by atoms with Gasteiger partial charge in [0.2, 0.25) is 29.5 Å². The number of nitrogens with two attached hydrogens (primary N) is 1. The van der Waals surface area contributed by atoms with Crippen LogP contribution in [0, 0.1) is 23.7 Å². The number of benzene rings is 1. The predicted octanol–water partition coefficient (Wildman–Crippen LogP) is 2.76. The first-order valence-corrected chi connectivity index (χ1v) is 22.3. The van der Waals surface area contributed by atoms with E-state index >= 15 is 0 Å². The smallest absolute Gasteiger partial charge is 0.322 e. The summed E-state index contributed by atoms with van der Waals surface area (Å²) >= 11 is 0. The maximum absolute atomic E-state index is 14.4. The molecule has 1 aromatic rings. The Labute approximate surface area is 371 Å². The van der Waals surface area contributed by atoms with Gasteiger partial charge in [0.05, 0.1) is 49.3 Å². The van der Waals surface area contributed by atoms with E-state index in [1.54, 1.807) is 30.9 Å². The van der Waals surface area contributed by atoms with Gasteiger partial charge in [0, 0.05) is 40.8 Å². The van der Waals surface area contributed by atoms with E-state index in [-0.39, 0.29) is 67.4 Å². The first kappa shape index (κ1) is 54.0. The number of carbonyl (C=O) groups excluding carboxylic acids is 6. The number of nitrogens with zero attached hydrogens (tertiary/aromatic N) is 3. The van der Waals surface area contributed by atoms with Crippen LogP contribution < -0.4 is 21.7 Å².